The van der Waals surface area contributed by atoms with Gasteiger partial charge in [-0.15, -0.1) is 0 Å². The molecular weight excluding hydrogens is 384 g/mol. The Morgan fingerprint density at radius 1 is 1.14 bits per heavy atom. The van der Waals surface area contributed by atoms with Crippen LogP contribution in [0.15, 0.2) is 22.0 Å². The van der Waals surface area contributed by atoms with E-state index in [9.17, 15) is 9.90 Å². The van der Waals surface area contributed by atoms with E-state index >= 15 is 0 Å². The maximum absolute atomic E-state index is 12.6. The van der Waals surface area contributed by atoms with Crippen LogP contribution in [0.5, 0.6) is 23.1 Å². The summed E-state index contributed by atoms with van der Waals surface area (Å²) in [4.78, 5) is 12.6. The van der Waals surface area contributed by atoms with E-state index in [1.807, 2.05) is 12.1 Å². The zero-order valence-corrected chi connectivity index (χ0v) is 17.1. The Labute approximate surface area is 166 Å². The fourth-order valence-corrected chi connectivity index (χ4v) is 3.35. The van der Waals surface area contributed by atoms with Crippen molar-refractivity contribution in [1.29, 1.82) is 0 Å². The van der Waals surface area contributed by atoms with Gasteiger partial charge in [0.1, 0.15) is 5.56 Å². The first-order valence-electron chi connectivity index (χ1n) is 8.45. The number of hydrogen-bond acceptors (Lipinski definition) is 8. The predicted octanol–water partition coefficient (Wildman–Crippen LogP) is 1.62. The fourth-order valence-electron chi connectivity index (χ4n) is 3.18. The Morgan fingerprint density at radius 2 is 1.75 bits per heavy atom. The number of rotatable bonds is 5. The normalized spacial score (nSPS) is 15.8. The van der Waals surface area contributed by atoms with Crippen molar-refractivity contribution >= 4 is 17.9 Å². The molecule has 150 valence electrons. The van der Waals surface area contributed by atoms with Crippen LogP contribution >= 0.6 is 12.2 Å². The van der Waals surface area contributed by atoms with Crippen LogP contribution in [0.1, 0.15) is 23.6 Å². The average molecular weight is 406 g/mol. The molecule has 1 aliphatic heterocycles. The summed E-state index contributed by atoms with van der Waals surface area (Å²) >= 11 is 5.15. The van der Waals surface area contributed by atoms with Crippen molar-refractivity contribution < 1.29 is 19.3 Å². The summed E-state index contributed by atoms with van der Waals surface area (Å²) in [6, 6.07) is 3.41. The van der Waals surface area contributed by atoms with Gasteiger partial charge in [0.15, 0.2) is 16.3 Å². The zero-order chi connectivity index (χ0) is 20.6. The largest absolute Gasteiger partial charge is 0.494 e. The van der Waals surface area contributed by atoms with Crippen LogP contribution in [0, 0.1) is 4.77 Å². The zero-order valence-electron chi connectivity index (χ0n) is 16.3. The van der Waals surface area contributed by atoms with Crippen LogP contribution in [0.25, 0.3) is 0 Å². The maximum atomic E-state index is 12.6. The number of aromatic hydroxyl groups is 1. The quantitative estimate of drug-likeness (QED) is 0.728. The third-order valence-electron chi connectivity index (χ3n) is 4.76. The van der Waals surface area contributed by atoms with Crippen molar-refractivity contribution in [1.82, 2.24) is 14.6 Å². The molecule has 2 heterocycles. The average Bonchev–Trinajstić information content (AvgIpc) is 3.19. The summed E-state index contributed by atoms with van der Waals surface area (Å²) in [5.74, 6) is 1.33. The second-order valence-electron chi connectivity index (χ2n) is 6.31. The molecule has 0 fully saturated rings. The van der Waals surface area contributed by atoms with E-state index in [1.165, 1.54) is 16.2 Å². The number of aromatic nitrogens is 2. The van der Waals surface area contributed by atoms with E-state index in [-0.39, 0.29) is 22.3 Å². The monoisotopic (exact) mass is 406 g/mol. The summed E-state index contributed by atoms with van der Waals surface area (Å²) in [6.07, 6.45) is 0.387. The lowest BCUT2D eigenvalue weighted by atomic mass is 9.99. The Hall–Kier alpha value is -3.01. The van der Waals surface area contributed by atoms with Gasteiger partial charge in [-0.2, -0.15) is 5.10 Å². The lowest BCUT2D eigenvalue weighted by molar-refractivity contribution is 0.323. The first-order chi connectivity index (χ1) is 13.3. The molecule has 2 N–H and O–H groups in total. The number of ether oxygens (including phenoxy) is 3. The van der Waals surface area contributed by atoms with E-state index < -0.39 is 5.56 Å². The first kappa shape index (κ1) is 19.7. The van der Waals surface area contributed by atoms with Crippen LogP contribution in [0.4, 0.5) is 0 Å². The predicted molar refractivity (Wildman–Crippen MR) is 106 cm³/mol. The van der Waals surface area contributed by atoms with Gasteiger partial charge in [-0.3, -0.25) is 13.9 Å². The molecule has 0 saturated heterocycles. The van der Waals surface area contributed by atoms with E-state index in [2.05, 4.69) is 10.5 Å². The summed E-state index contributed by atoms with van der Waals surface area (Å²) in [5, 5.41) is 14.7. The van der Waals surface area contributed by atoms with E-state index in [1.54, 1.807) is 28.3 Å². The Bertz CT molecular complexity index is 1050. The second-order valence-corrected chi connectivity index (χ2v) is 6.67. The molecule has 0 spiro atoms. The molecule has 9 nitrogen and oxygen atoms in total. The number of methoxy groups -OCH3 is 3. The number of hydrazone groups is 1. The molecule has 0 radical (unpaired) electrons. The Morgan fingerprint density at radius 3 is 2.29 bits per heavy atom. The molecule has 2 aromatic rings. The van der Waals surface area contributed by atoms with Gasteiger partial charge in [-0.1, -0.05) is 0 Å². The van der Waals surface area contributed by atoms with Crippen molar-refractivity contribution in [3.8, 4) is 23.1 Å². The molecule has 0 amide bonds. The molecule has 0 saturated carbocycles. The number of hydrogen-bond donors (Lipinski definition) is 2. The number of nitrogens with one attached hydrogen (secondary N) is 1. The first-order valence-corrected chi connectivity index (χ1v) is 8.86. The van der Waals surface area contributed by atoms with Gasteiger partial charge < -0.3 is 24.7 Å². The summed E-state index contributed by atoms with van der Waals surface area (Å²) in [7, 11) is 7.79. The molecule has 0 aliphatic carbocycles. The van der Waals surface area contributed by atoms with Crippen molar-refractivity contribution in [2.24, 2.45) is 19.2 Å². The van der Waals surface area contributed by atoms with Crippen LogP contribution in [0.2, 0.25) is 0 Å². The molecular formula is C18H22N4O5S. The third kappa shape index (κ3) is 3.09. The summed E-state index contributed by atoms with van der Waals surface area (Å²) in [6.45, 7) is 0. The molecule has 1 aliphatic rings. The minimum Gasteiger partial charge on any atom is -0.494 e. The highest BCUT2D eigenvalue weighted by Gasteiger charge is 2.28. The topological polar surface area (TPSA) is 99.2 Å². The van der Waals surface area contributed by atoms with Crippen molar-refractivity contribution in [3.05, 3.63) is 38.4 Å². The van der Waals surface area contributed by atoms with Gasteiger partial charge in [-0.05, 0) is 29.9 Å². The summed E-state index contributed by atoms with van der Waals surface area (Å²) < 4.78 is 19.0. The SMILES string of the molecule is COc1cc([C@@H]2CC(c3c(O)n(C)c(=S)n(C)c3=O)=NN2)cc(OC)c1OC. The molecule has 28 heavy (non-hydrogen) atoms. The molecule has 10 heteroatoms. The van der Waals surface area contributed by atoms with Gasteiger partial charge in [0, 0.05) is 20.5 Å². The minimum absolute atomic E-state index is 0.126. The van der Waals surface area contributed by atoms with E-state index in [0.717, 1.165) is 5.56 Å². The highest BCUT2D eigenvalue weighted by atomic mass is 32.1. The van der Waals surface area contributed by atoms with Crippen molar-refractivity contribution in [3.63, 3.8) is 0 Å². The van der Waals surface area contributed by atoms with Gasteiger partial charge in [-0.25, -0.2) is 0 Å². The maximum Gasteiger partial charge on any atom is 0.267 e. The van der Waals surface area contributed by atoms with Gasteiger partial charge in [0.05, 0.1) is 33.1 Å². The number of nitrogens with zero attached hydrogens (tertiary/aromatic N) is 3. The van der Waals surface area contributed by atoms with E-state index in [4.69, 9.17) is 26.4 Å². The van der Waals surface area contributed by atoms with Gasteiger partial charge in [0.2, 0.25) is 11.6 Å². The smallest absolute Gasteiger partial charge is 0.267 e. The molecule has 0 unspecified atom stereocenters. The second kappa shape index (κ2) is 7.55. The van der Waals surface area contributed by atoms with Crippen LogP contribution < -0.4 is 25.2 Å². The van der Waals surface area contributed by atoms with Crippen LogP contribution in [-0.2, 0) is 14.1 Å². The molecule has 1 aromatic heterocycles. The Kier molecular flexibility index (Phi) is 5.32. The van der Waals surface area contributed by atoms with Gasteiger partial charge >= 0.3 is 0 Å². The summed E-state index contributed by atoms with van der Waals surface area (Å²) in [5.41, 5.74) is 4.03. The van der Waals surface area contributed by atoms with Crippen molar-refractivity contribution in [2.75, 3.05) is 21.3 Å². The highest BCUT2D eigenvalue weighted by Crippen LogP contribution is 2.41. The molecule has 0 bridgehead atoms. The lowest BCUT2D eigenvalue weighted by Gasteiger charge is -2.17. The third-order valence-corrected chi connectivity index (χ3v) is 5.31. The van der Waals surface area contributed by atoms with Crippen LogP contribution in [0.3, 0.4) is 0 Å². The Balaban J connectivity index is 2.00. The minimum atomic E-state index is -0.397. The standard InChI is InChI=1S/C18H22N4O5S/c1-21-16(23)14(17(24)22(2)18(21)28)11-8-10(19-20-11)9-6-12(25-3)15(27-5)13(7-9)26-4/h6-7,10,19,23H,8H2,1-5H3/t10-/m0/s1. The van der Waals surface area contributed by atoms with Crippen molar-refractivity contribution in [2.45, 2.75) is 12.5 Å². The van der Waals surface area contributed by atoms with Gasteiger partial charge in [0.25, 0.3) is 5.56 Å². The highest BCUT2D eigenvalue weighted by molar-refractivity contribution is 7.71. The lowest BCUT2D eigenvalue weighted by Crippen LogP contribution is -2.28. The molecule has 1 atom stereocenters. The molecule has 1 aromatic carbocycles. The number of benzene rings is 1. The molecule has 3 rings (SSSR count). The van der Waals surface area contributed by atoms with E-state index in [0.29, 0.717) is 29.4 Å². The van der Waals surface area contributed by atoms with Crippen LogP contribution in [-0.4, -0.2) is 41.3 Å². The fraction of sp³-hybridized carbons (Fsp3) is 0.389.